The molecule has 2 amide bonds. The minimum Gasteiger partial charge on any atom is -0.393 e. The van der Waals surface area contributed by atoms with E-state index in [0.29, 0.717) is 6.54 Å². The van der Waals surface area contributed by atoms with E-state index in [9.17, 15) is 23.5 Å². The van der Waals surface area contributed by atoms with Gasteiger partial charge in [-0.2, -0.15) is 0 Å². The third-order valence-electron chi connectivity index (χ3n) is 4.85. The van der Waals surface area contributed by atoms with E-state index in [1.807, 2.05) is 0 Å². The maximum Gasteiger partial charge on any atom is 0.227 e. The first-order valence-electron chi connectivity index (χ1n) is 8.17. The number of amides is 2. The van der Waals surface area contributed by atoms with Crippen molar-refractivity contribution in [3.63, 3.8) is 0 Å². The van der Waals surface area contributed by atoms with Crippen LogP contribution in [0.25, 0.3) is 0 Å². The zero-order chi connectivity index (χ0) is 17.3. The van der Waals surface area contributed by atoms with Crippen LogP contribution in [0.5, 0.6) is 0 Å². The van der Waals surface area contributed by atoms with Gasteiger partial charge in [0.2, 0.25) is 11.8 Å². The SMILES string of the molecule is O=C(NCC1CCCC1O)C1CC(=O)N(c2ccc(F)cc2F)C1. The molecule has 0 aromatic heterocycles. The normalized spacial score (nSPS) is 26.9. The molecule has 1 aliphatic heterocycles. The molecule has 3 unspecified atom stereocenters. The van der Waals surface area contributed by atoms with Crippen molar-refractivity contribution in [1.29, 1.82) is 0 Å². The predicted molar refractivity (Wildman–Crippen MR) is 83.2 cm³/mol. The summed E-state index contributed by atoms with van der Waals surface area (Å²) in [5.41, 5.74) is -0.0112. The quantitative estimate of drug-likeness (QED) is 0.876. The van der Waals surface area contributed by atoms with Crippen LogP contribution in [-0.2, 0) is 9.59 Å². The molecule has 24 heavy (non-hydrogen) atoms. The molecule has 7 heteroatoms. The van der Waals surface area contributed by atoms with Gasteiger partial charge in [0.25, 0.3) is 0 Å². The average molecular weight is 338 g/mol. The van der Waals surface area contributed by atoms with Gasteiger partial charge >= 0.3 is 0 Å². The van der Waals surface area contributed by atoms with E-state index in [-0.39, 0.29) is 42.5 Å². The third-order valence-corrected chi connectivity index (χ3v) is 4.85. The second kappa shape index (κ2) is 6.84. The molecule has 1 saturated carbocycles. The van der Waals surface area contributed by atoms with Crippen LogP contribution in [0.4, 0.5) is 14.5 Å². The molecule has 1 heterocycles. The number of rotatable bonds is 4. The number of nitrogens with one attached hydrogen (secondary N) is 1. The average Bonchev–Trinajstić information content (AvgIpc) is 3.11. The second-order valence-corrected chi connectivity index (χ2v) is 6.50. The lowest BCUT2D eigenvalue weighted by atomic mass is 10.0. The van der Waals surface area contributed by atoms with Crippen molar-refractivity contribution in [2.45, 2.75) is 31.8 Å². The molecule has 2 N–H and O–H groups in total. The molecule has 0 bridgehead atoms. The van der Waals surface area contributed by atoms with Gasteiger partial charge in [0.05, 0.1) is 17.7 Å². The number of hydrogen-bond donors (Lipinski definition) is 2. The van der Waals surface area contributed by atoms with Crippen LogP contribution in [0.1, 0.15) is 25.7 Å². The lowest BCUT2D eigenvalue weighted by Crippen LogP contribution is -2.37. The summed E-state index contributed by atoms with van der Waals surface area (Å²) >= 11 is 0. The summed E-state index contributed by atoms with van der Waals surface area (Å²) in [4.78, 5) is 25.5. The summed E-state index contributed by atoms with van der Waals surface area (Å²) in [5, 5.41) is 12.5. The van der Waals surface area contributed by atoms with Gasteiger partial charge in [0.15, 0.2) is 0 Å². The smallest absolute Gasteiger partial charge is 0.227 e. The standard InChI is InChI=1S/C17H20F2N2O3/c18-12-4-5-14(13(19)7-12)21-9-11(6-16(21)23)17(24)20-8-10-2-1-3-15(10)22/h4-5,7,10-11,15,22H,1-3,6,8-9H2,(H,20,24). The molecule has 1 aliphatic carbocycles. The predicted octanol–water partition coefficient (Wildman–Crippen LogP) is 1.59. The van der Waals surface area contributed by atoms with Crippen molar-refractivity contribution >= 4 is 17.5 Å². The van der Waals surface area contributed by atoms with Crippen molar-refractivity contribution in [3.05, 3.63) is 29.8 Å². The summed E-state index contributed by atoms with van der Waals surface area (Å²) in [6.07, 6.45) is 2.18. The molecule has 130 valence electrons. The molecule has 3 rings (SSSR count). The van der Waals surface area contributed by atoms with Crippen molar-refractivity contribution in [1.82, 2.24) is 5.32 Å². The van der Waals surface area contributed by atoms with Gasteiger partial charge in [-0.05, 0) is 25.0 Å². The van der Waals surface area contributed by atoms with E-state index in [4.69, 9.17) is 0 Å². The summed E-state index contributed by atoms with van der Waals surface area (Å²) in [5.74, 6) is -2.68. The van der Waals surface area contributed by atoms with Crippen LogP contribution in [0.15, 0.2) is 18.2 Å². The zero-order valence-electron chi connectivity index (χ0n) is 13.2. The Balaban J connectivity index is 1.60. The number of carbonyl (C=O) groups excluding carboxylic acids is 2. The molecular formula is C17H20F2N2O3. The summed E-state index contributed by atoms with van der Waals surface area (Å²) < 4.78 is 26.8. The monoisotopic (exact) mass is 338 g/mol. The summed E-state index contributed by atoms with van der Waals surface area (Å²) in [6.45, 7) is 0.454. The highest BCUT2D eigenvalue weighted by molar-refractivity contribution is 6.00. The van der Waals surface area contributed by atoms with Crippen molar-refractivity contribution in [2.24, 2.45) is 11.8 Å². The fourth-order valence-electron chi connectivity index (χ4n) is 3.45. The van der Waals surface area contributed by atoms with E-state index in [1.54, 1.807) is 0 Å². The number of aliphatic hydroxyl groups excluding tert-OH is 1. The minimum atomic E-state index is -0.821. The Kier molecular flexibility index (Phi) is 4.80. The van der Waals surface area contributed by atoms with Crippen LogP contribution in [-0.4, -0.2) is 36.1 Å². The minimum absolute atomic E-state index is 0.00410. The van der Waals surface area contributed by atoms with E-state index in [1.165, 1.54) is 11.0 Å². The highest BCUT2D eigenvalue weighted by Gasteiger charge is 2.36. The molecule has 1 saturated heterocycles. The van der Waals surface area contributed by atoms with Crippen LogP contribution in [0.3, 0.4) is 0 Å². The van der Waals surface area contributed by atoms with Crippen molar-refractivity contribution in [2.75, 3.05) is 18.0 Å². The molecule has 5 nitrogen and oxygen atoms in total. The first-order chi connectivity index (χ1) is 11.5. The van der Waals surface area contributed by atoms with Crippen LogP contribution >= 0.6 is 0 Å². The Morgan fingerprint density at radius 1 is 1.33 bits per heavy atom. The van der Waals surface area contributed by atoms with Gasteiger partial charge in [-0.3, -0.25) is 9.59 Å². The number of nitrogens with zero attached hydrogens (tertiary/aromatic N) is 1. The fourth-order valence-corrected chi connectivity index (χ4v) is 3.45. The first-order valence-corrected chi connectivity index (χ1v) is 8.17. The van der Waals surface area contributed by atoms with E-state index in [2.05, 4.69) is 5.32 Å². The Morgan fingerprint density at radius 3 is 2.79 bits per heavy atom. The van der Waals surface area contributed by atoms with Gasteiger partial charge in [-0.25, -0.2) is 8.78 Å². The Morgan fingerprint density at radius 2 is 2.12 bits per heavy atom. The fraction of sp³-hybridized carbons (Fsp3) is 0.529. The van der Waals surface area contributed by atoms with Gasteiger partial charge in [0, 0.05) is 31.5 Å². The largest absolute Gasteiger partial charge is 0.393 e. The first kappa shape index (κ1) is 16.8. The molecule has 2 fully saturated rings. The number of carbonyl (C=O) groups is 2. The molecule has 0 radical (unpaired) electrons. The Hall–Kier alpha value is -2.02. The molecule has 3 atom stereocenters. The Bertz CT molecular complexity index is 653. The van der Waals surface area contributed by atoms with E-state index < -0.39 is 17.6 Å². The molecular weight excluding hydrogens is 318 g/mol. The van der Waals surface area contributed by atoms with Gasteiger partial charge in [-0.1, -0.05) is 6.42 Å². The maximum atomic E-state index is 13.8. The zero-order valence-corrected chi connectivity index (χ0v) is 13.2. The number of hydrogen-bond acceptors (Lipinski definition) is 3. The number of aliphatic hydroxyl groups is 1. The lowest BCUT2D eigenvalue weighted by molar-refractivity contribution is -0.126. The van der Waals surface area contributed by atoms with Gasteiger partial charge in [-0.15, -0.1) is 0 Å². The topological polar surface area (TPSA) is 69.6 Å². The van der Waals surface area contributed by atoms with E-state index >= 15 is 0 Å². The van der Waals surface area contributed by atoms with Crippen molar-refractivity contribution in [3.8, 4) is 0 Å². The summed E-state index contributed by atoms with van der Waals surface area (Å²) in [7, 11) is 0. The van der Waals surface area contributed by atoms with E-state index in [0.717, 1.165) is 31.4 Å². The lowest BCUT2D eigenvalue weighted by Gasteiger charge is -2.19. The molecule has 2 aliphatic rings. The number of halogens is 2. The number of anilines is 1. The van der Waals surface area contributed by atoms with Crippen LogP contribution < -0.4 is 10.2 Å². The van der Waals surface area contributed by atoms with Gasteiger partial charge in [0.1, 0.15) is 11.6 Å². The molecule has 0 spiro atoms. The second-order valence-electron chi connectivity index (χ2n) is 6.50. The number of benzene rings is 1. The van der Waals surface area contributed by atoms with Crippen molar-refractivity contribution < 1.29 is 23.5 Å². The molecule has 1 aromatic rings. The molecule has 1 aromatic carbocycles. The third kappa shape index (κ3) is 3.40. The van der Waals surface area contributed by atoms with Crippen LogP contribution in [0, 0.1) is 23.5 Å². The maximum absolute atomic E-state index is 13.8. The van der Waals surface area contributed by atoms with Gasteiger partial charge < -0.3 is 15.3 Å². The highest BCUT2D eigenvalue weighted by Crippen LogP contribution is 2.28. The highest BCUT2D eigenvalue weighted by atomic mass is 19.1. The Labute approximate surface area is 138 Å². The van der Waals surface area contributed by atoms with Crippen LogP contribution in [0.2, 0.25) is 0 Å². The summed E-state index contributed by atoms with van der Waals surface area (Å²) in [6, 6.07) is 3.01.